The number of hydrogen-bond donors (Lipinski definition) is 3. The number of aromatic nitrogens is 1. The Morgan fingerprint density at radius 3 is 2.57 bits per heavy atom. The average Bonchev–Trinajstić information content (AvgIpc) is 3.29. The molecular formula is C17H15N3O5S3. The first-order valence-corrected chi connectivity index (χ1v) is 11.1. The van der Waals surface area contributed by atoms with Crippen molar-refractivity contribution in [3.63, 3.8) is 0 Å². The molecular weight excluding hydrogens is 422 g/mol. The van der Waals surface area contributed by atoms with Crippen LogP contribution in [0.15, 0.2) is 52.1 Å². The van der Waals surface area contributed by atoms with Gasteiger partial charge in [-0.25, -0.2) is 13.4 Å². The normalized spacial score (nSPS) is 11.1. The molecule has 2 aromatic heterocycles. The van der Waals surface area contributed by atoms with Gasteiger partial charge >= 0.3 is 5.97 Å². The third-order valence-electron chi connectivity index (χ3n) is 3.47. The van der Waals surface area contributed by atoms with Gasteiger partial charge in [0, 0.05) is 15.8 Å². The lowest BCUT2D eigenvalue weighted by atomic mass is 10.2. The highest BCUT2D eigenvalue weighted by molar-refractivity contribution is 7.94. The summed E-state index contributed by atoms with van der Waals surface area (Å²) >= 11 is 2.05. The lowest BCUT2D eigenvalue weighted by Gasteiger charge is -2.04. The van der Waals surface area contributed by atoms with Crippen molar-refractivity contribution in [2.24, 2.45) is 0 Å². The summed E-state index contributed by atoms with van der Waals surface area (Å²) in [4.78, 5) is 27.4. The SMILES string of the molecule is O=C(O)Cc1csc(NS(=O)(=O)c2ccc(CNC(=O)c3ccccc3)s2)n1. The second kappa shape index (κ2) is 8.50. The molecule has 8 nitrogen and oxygen atoms in total. The number of benzene rings is 1. The van der Waals surface area contributed by atoms with Gasteiger partial charge in [0.25, 0.3) is 15.9 Å². The zero-order chi connectivity index (χ0) is 20.1. The topological polar surface area (TPSA) is 125 Å². The van der Waals surface area contributed by atoms with Crippen molar-refractivity contribution in [3.05, 3.63) is 64.0 Å². The second-order valence-corrected chi connectivity index (χ2v) is 9.53. The first-order valence-electron chi connectivity index (χ1n) is 7.94. The van der Waals surface area contributed by atoms with Crippen LogP contribution in [0.4, 0.5) is 5.13 Å². The molecule has 0 spiro atoms. The van der Waals surface area contributed by atoms with Crippen molar-refractivity contribution in [1.29, 1.82) is 0 Å². The highest BCUT2D eigenvalue weighted by Crippen LogP contribution is 2.25. The average molecular weight is 438 g/mol. The summed E-state index contributed by atoms with van der Waals surface area (Å²) in [5, 5.41) is 13.1. The number of nitrogens with zero attached hydrogens (tertiary/aromatic N) is 1. The third-order valence-corrected chi connectivity index (χ3v) is 7.32. The van der Waals surface area contributed by atoms with Crippen molar-refractivity contribution in [1.82, 2.24) is 10.3 Å². The molecule has 3 aromatic rings. The maximum Gasteiger partial charge on any atom is 0.309 e. The lowest BCUT2D eigenvalue weighted by molar-refractivity contribution is -0.136. The number of anilines is 1. The van der Waals surface area contributed by atoms with Gasteiger partial charge in [0.2, 0.25) is 0 Å². The number of aliphatic carboxylic acids is 1. The minimum Gasteiger partial charge on any atom is -0.481 e. The van der Waals surface area contributed by atoms with Gasteiger partial charge < -0.3 is 10.4 Å². The molecule has 0 aliphatic carbocycles. The fourth-order valence-corrected chi connectivity index (χ4v) is 5.47. The van der Waals surface area contributed by atoms with Crippen LogP contribution >= 0.6 is 22.7 Å². The molecule has 0 bridgehead atoms. The molecule has 0 saturated carbocycles. The van der Waals surface area contributed by atoms with Crippen molar-refractivity contribution in [2.75, 3.05) is 4.72 Å². The van der Waals surface area contributed by atoms with Gasteiger partial charge in [0.15, 0.2) is 5.13 Å². The van der Waals surface area contributed by atoms with Gasteiger partial charge in [-0.2, -0.15) is 0 Å². The molecule has 0 radical (unpaired) electrons. The van der Waals surface area contributed by atoms with Crippen LogP contribution < -0.4 is 10.0 Å². The van der Waals surface area contributed by atoms with Gasteiger partial charge in [0.1, 0.15) is 4.21 Å². The Morgan fingerprint density at radius 2 is 1.86 bits per heavy atom. The minimum absolute atomic E-state index is 0.0754. The van der Waals surface area contributed by atoms with E-state index in [2.05, 4.69) is 15.0 Å². The summed E-state index contributed by atoms with van der Waals surface area (Å²) in [6.45, 7) is 0.202. The fourth-order valence-electron chi connectivity index (χ4n) is 2.21. The van der Waals surface area contributed by atoms with Crippen molar-refractivity contribution < 1.29 is 23.1 Å². The number of nitrogens with one attached hydrogen (secondary N) is 2. The zero-order valence-electron chi connectivity index (χ0n) is 14.3. The molecule has 0 saturated heterocycles. The Balaban J connectivity index is 1.62. The highest BCUT2D eigenvalue weighted by Gasteiger charge is 2.19. The molecule has 0 aliphatic heterocycles. The molecule has 11 heteroatoms. The number of amides is 1. The first-order chi connectivity index (χ1) is 13.3. The molecule has 0 unspecified atom stereocenters. The number of hydrogen-bond acceptors (Lipinski definition) is 7. The summed E-state index contributed by atoms with van der Waals surface area (Å²) in [6, 6.07) is 11.8. The molecule has 28 heavy (non-hydrogen) atoms. The van der Waals surface area contributed by atoms with Gasteiger partial charge in [-0.3, -0.25) is 14.3 Å². The first kappa shape index (κ1) is 20.0. The van der Waals surface area contributed by atoms with E-state index in [4.69, 9.17) is 5.11 Å². The Labute approximate surface area is 168 Å². The van der Waals surface area contributed by atoms with E-state index >= 15 is 0 Å². The van der Waals surface area contributed by atoms with E-state index in [0.717, 1.165) is 22.7 Å². The number of carbonyl (C=O) groups excluding carboxylic acids is 1. The molecule has 146 valence electrons. The number of thiophene rings is 1. The van der Waals surface area contributed by atoms with Crippen molar-refractivity contribution in [3.8, 4) is 0 Å². The van der Waals surface area contributed by atoms with Crippen LogP contribution in [0, 0.1) is 0 Å². The molecule has 3 N–H and O–H groups in total. The van der Waals surface area contributed by atoms with Crippen molar-refractivity contribution in [2.45, 2.75) is 17.2 Å². The van der Waals surface area contributed by atoms with Crippen LogP contribution in [0.3, 0.4) is 0 Å². The van der Waals surface area contributed by atoms with Crippen molar-refractivity contribution >= 4 is 49.7 Å². The minimum atomic E-state index is -3.84. The summed E-state index contributed by atoms with van der Waals surface area (Å²) in [7, 11) is -3.84. The summed E-state index contributed by atoms with van der Waals surface area (Å²) in [5.41, 5.74) is 0.806. The van der Waals surface area contributed by atoms with Crippen LogP contribution in [0.5, 0.6) is 0 Å². The van der Waals surface area contributed by atoms with Gasteiger partial charge in [0.05, 0.1) is 18.7 Å². The number of carbonyl (C=O) groups is 2. The van der Waals surface area contributed by atoms with E-state index in [1.807, 2.05) is 6.07 Å². The van der Waals surface area contributed by atoms with Crippen LogP contribution in [-0.2, 0) is 27.8 Å². The van der Waals surface area contributed by atoms with Gasteiger partial charge in [-0.05, 0) is 24.3 Å². The van der Waals surface area contributed by atoms with E-state index in [1.165, 1.54) is 11.4 Å². The quantitative estimate of drug-likeness (QED) is 0.497. The Hall–Kier alpha value is -2.76. The Bertz CT molecular complexity index is 1090. The van der Waals surface area contributed by atoms with E-state index in [1.54, 1.807) is 30.3 Å². The van der Waals surface area contributed by atoms with Gasteiger partial charge in [-0.15, -0.1) is 22.7 Å². The molecule has 0 aliphatic rings. The molecule has 2 heterocycles. The standard InChI is InChI=1S/C17H15N3O5S3/c21-14(22)8-12-10-26-17(19-12)20-28(24,25)15-7-6-13(27-15)9-18-16(23)11-4-2-1-3-5-11/h1-7,10H,8-9H2,(H,18,23)(H,19,20)(H,21,22). The van der Waals surface area contributed by atoms with E-state index in [-0.39, 0.29) is 33.9 Å². The molecule has 0 fully saturated rings. The highest BCUT2D eigenvalue weighted by atomic mass is 32.2. The lowest BCUT2D eigenvalue weighted by Crippen LogP contribution is -2.22. The maximum atomic E-state index is 12.5. The molecule has 0 atom stereocenters. The maximum absolute atomic E-state index is 12.5. The number of thiazole rings is 1. The van der Waals surface area contributed by atoms with E-state index in [0.29, 0.717) is 10.4 Å². The van der Waals surface area contributed by atoms with Crippen LogP contribution in [0.25, 0.3) is 0 Å². The van der Waals surface area contributed by atoms with Crippen LogP contribution in [0.2, 0.25) is 0 Å². The third kappa shape index (κ3) is 5.15. The molecule has 3 rings (SSSR count). The zero-order valence-corrected chi connectivity index (χ0v) is 16.7. The van der Waals surface area contributed by atoms with E-state index in [9.17, 15) is 18.0 Å². The number of carboxylic acid groups (broad SMARTS) is 1. The van der Waals surface area contributed by atoms with Gasteiger partial charge in [-0.1, -0.05) is 18.2 Å². The molecule has 1 aromatic carbocycles. The largest absolute Gasteiger partial charge is 0.481 e. The van der Waals surface area contributed by atoms with E-state index < -0.39 is 16.0 Å². The summed E-state index contributed by atoms with van der Waals surface area (Å²) in [6.07, 6.45) is -0.275. The number of carboxylic acids is 1. The number of rotatable bonds is 8. The monoisotopic (exact) mass is 437 g/mol. The fraction of sp³-hybridized carbons (Fsp3) is 0.118. The second-order valence-electron chi connectivity index (χ2n) is 5.59. The predicted octanol–water partition coefficient (Wildman–Crippen LogP) is 2.56. The smallest absolute Gasteiger partial charge is 0.309 e. The number of sulfonamides is 1. The predicted molar refractivity (Wildman–Crippen MR) is 106 cm³/mol. The van der Waals surface area contributed by atoms with Crippen LogP contribution in [-0.4, -0.2) is 30.4 Å². The Kier molecular flexibility index (Phi) is 6.07. The molecule has 1 amide bonds. The van der Waals surface area contributed by atoms with Crippen LogP contribution in [0.1, 0.15) is 20.9 Å². The summed E-state index contributed by atoms with van der Waals surface area (Å²) < 4.78 is 27.4. The summed E-state index contributed by atoms with van der Waals surface area (Å²) in [5.74, 6) is -1.29. The Morgan fingerprint density at radius 1 is 1.11 bits per heavy atom.